The van der Waals surface area contributed by atoms with Gasteiger partial charge in [0.05, 0.1) is 7.11 Å². The number of nitrogens with one attached hydrogen (secondary N) is 1. The number of nitrogens with zero attached hydrogens (tertiary/aromatic N) is 3. The molecule has 0 radical (unpaired) electrons. The normalized spacial score (nSPS) is 10.7. The maximum Gasteiger partial charge on any atom is 0.205 e. The predicted octanol–water partition coefficient (Wildman–Crippen LogP) is 4.35. The molecule has 0 bridgehead atoms. The van der Waals surface area contributed by atoms with Crippen molar-refractivity contribution < 1.29 is 4.74 Å². The highest BCUT2D eigenvalue weighted by molar-refractivity contribution is 7.15. The van der Waals surface area contributed by atoms with Crippen LogP contribution in [0, 0.1) is 13.8 Å². The molecule has 136 valence electrons. The first kappa shape index (κ1) is 18.3. The summed E-state index contributed by atoms with van der Waals surface area (Å²) < 4.78 is 5.44. The van der Waals surface area contributed by atoms with E-state index in [1.807, 2.05) is 12.1 Å². The number of hydrogen-bond donors (Lipinski definition) is 1. The van der Waals surface area contributed by atoms with Gasteiger partial charge in [-0.2, -0.15) is 0 Å². The molecule has 3 rings (SSSR count). The van der Waals surface area contributed by atoms with Crippen LogP contribution in [0.4, 0.5) is 5.13 Å². The summed E-state index contributed by atoms with van der Waals surface area (Å²) in [5.74, 6) is 0.989. The number of aryl methyl sites for hydroxylation is 4. The third-order valence-corrected chi connectivity index (χ3v) is 5.18. The first-order valence-corrected chi connectivity index (χ1v) is 9.56. The van der Waals surface area contributed by atoms with Crippen LogP contribution in [0.3, 0.4) is 0 Å². The van der Waals surface area contributed by atoms with Crippen molar-refractivity contribution in [3.8, 4) is 5.75 Å². The van der Waals surface area contributed by atoms with Crippen LogP contribution >= 0.6 is 11.3 Å². The molecular formula is C20H24N4OS. The van der Waals surface area contributed by atoms with Crippen LogP contribution in [0.5, 0.6) is 5.75 Å². The minimum Gasteiger partial charge on any atom is -0.496 e. The molecule has 0 aliphatic heterocycles. The van der Waals surface area contributed by atoms with Crippen molar-refractivity contribution in [1.82, 2.24) is 15.2 Å². The van der Waals surface area contributed by atoms with Gasteiger partial charge in [0, 0.05) is 25.4 Å². The summed E-state index contributed by atoms with van der Waals surface area (Å²) in [6, 6.07) is 8.42. The first-order valence-electron chi connectivity index (χ1n) is 8.75. The van der Waals surface area contributed by atoms with Gasteiger partial charge in [0.25, 0.3) is 0 Å². The van der Waals surface area contributed by atoms with Crippen LogP contribution in [-0.2, 0) is 19.4 Å². The fraction of sp³-hybridized carbons (Fsp3) is 0.350. The molecule has 3 aromatic rings. The lowest BCUT2D eigenvalue weighted by Gasteiger charge is -2.11. The number of methoxy groups -OCH3 is 1. The standard InChI is InChI=1S/C20H24N4OS/c1-14-11-17(12-15(2)19(14)25-3)5-4-6-18-23-24-20(26-18)22-13-16-7-9-21-10-8-16/h7-12H,4-6,13H2,1-3H3,(H,22,24). The molecule has 1 N–H and O–H groups in total. The Morgan fingerprint density at radius 2 is 1.73 bits per heavy atom. The fourth-order valence-electron chi connectivity index (χ4n) is 3.05. The van der Waals surface area contributed by atoms with Gasteiger partial charge in [-0.05, 0) is 61.1 Å². The van der Waals surface area contributed by atoms with Gasteiger partial charge < -0.3 is 10.1 Å². The summed E-state index contributed by atoms with van der Waals surface area (Å²) in [5, 5.41) is 13.8. The lowest BCUT2D eigenvalue weighted by molar-refractivity contribution is 0.408. The number of rotatable bonds is 8. The van der Waals surface area contributed by atoms with E-state index >= 15 is 0 Å². The van der Waals surface area contributed by atoms with Gasteiger partial charge in [0.2, 0.25) is 5.13 Å². The molecule has 0 unspecified atom stereocenters. The SMILES string of the molecule is COc1c(C)cc(CCCc2nnc(NCc3ccncc3)s2)cc1C. The monoisotopic (exact) mass is 368 g/mol. The van der Waals surface area contributed by atoms with Crippen molar-refractivity contribution in [2.24, 2.45) is 0 Å². The molecule has 26 heavy (non-hydrogen) atoms. The summed E-state index contributed by atoms with van der Waals surface area (Å²) >= 11 is 1.63. The van der Waals surface area contributed by atoms with E-state index in [2.05, 4.69) is 46.5 Å². The van der Waals surface area contributed by atoms with Gasteiger partial charge in [0.1, 0.15) is 10.8 Å². The van der Waals surface area contributed by atoms with Crippen LogP contribution in [0.1, 0.15) is 33.7 Å². The summed E-state index contributed by atoms with van der Waals surface area (Å²) in [4.78, 5) is 4.02. The molecule has 6 heteroatoms. The zero-order chi connectivity index (χ0) is 18.4. The van der Waals surface area contributed by atoms with Crippen LogP contribution in [0.25, 0.3) is 0 Å². The van der Waals surface area contributed by atoms with Gasteiger partial charge in [-0.1, -0.05) is 23.5 Å². The van der Waals surface area contributed by atoms with Gasteiger partial charge >= 0.3 is 0 Å². The molecule has 0 aliphatic rings. The molecule has 0 aliphatic carbocycles. The summed E-state index contributed by atoms with van der Waals surface area (Å²) in [5.41, 5.74) is 4.92. The van der Waals surface area contributed by atoms with E-state index in [1.165, 1.54) is 22.3 Å². The molecule has 0 amide bonds. The molecule has 0 fully saturated rings. The Morgan fingerprint density at radius 3 is 2.42 bits per heavy atom. The molecule has 0 atom stereocenters. The first-order chi connectivity index (χ1) is 12.7. The quantitative estimate of drug-likeness (QED) is 0.641. The second-order valence-corrected chi connectivity index (χ2v) is 7.39. The van der Waals surface area contributed by atoms with E-state index < -0.39 is 0 Å². The largest absolute Gasteiger partial charge is 0.496 e. The van der Waals surface area contributed by atoms with E-state index in [9.17, 15) is 0 Å². The Kier molecular flexibility index (Phi) is 6.17. The number of anilines is 1. The third-order valence-electron chi connectivity index (χ3n) is 4.24. The van der Waals surface area contributed by atoms with Crippen molar-refractivity contribution in [2.75, 3.05) is 12.4 Å². The van der Waals surface area contributed by atoms with Gasteiger partial charge in [-0.3, -0.25) is 4.98 Å². The summed E-state index contributed by atoms with van der Waals surface area (Å²) in [6.45, 7) is 4.93. The highest BCUT2D eigenvalue weighted by atomic mass is 32.1. The zero-order valence-corrected chi connectivity index (χ0v) is 16.3. The Morgan fingerprint density at radius 1 is 1.00 bits per heavy atom. The van der Waals surface area contributed by atoms with E-state index in [0.29, 0.717) is 0 Å². The molecule has 1 aromatic carbocycles. The summed E-state index contributed by atoms with van der Waals surface area (Å²) in [7, 11) is 1.73. The molecule has 0 saturated carbocycles. The second-order valence-electron chi connectivity index (χ2n) is 6.33. The highest BCUT2D eigenvalue weighted by Crippen LogP contribution is 2.25. The van der Waals surface area contributed by atoms with Crippen molar-refractivity contribution in [3.05, 3.63) is 63.9 Å². The average Bonchev–Trinajstić information content (AvgIpc) is 3.08. The topological polar surface area (TPSA) is 59.9 Å². The van der Waals surface area contributed by atoms with Crippen molar-refractivity contribution in [2.45, 2.75) is 39.7 Å². The molecule has 0 saturated heterocycles. The molecule has 0 spiro atoms. The minimum atomic E-state index is 0.738. The second kappa shape index (κ2) is 8.76. The maximum absolute atomic E-state index is 5.44. The average molecular weight is 369 g/mol. The Balaban J connectivity index is 1.49. The van der Waals surface area contributed by atoms with Crippen LogP contribution in [-0.4, -0.2) is 22.3 Å². The number of aromatic nitrogens is 3. The van der Waals surface area contributed by atoms with Crippen molar-refractivity contribution in [1.29, 1.82) is 0 Å². The van der Waals surface area contributed by atoms with Crippen molar-refractivity contribution >= 4 is 16.5 Å². The maximum atomic E-state index is 5.44. The van der Waals surface area contributed by atoms with E-state index in [4.69, 9.17) is 4.74 Å². The number of benzene rings is 1. The molecule has 2 heterocycles. The predicted molar refractivity (Wildman–Crippen MR) is 106 cm³/mol. The third kappa shape index (κ3) is 4.79. The number of hydrogen-bond acceptors (Lipinski definition) is 6. The van der Waals surface area contributed by atoms with Gasteiger partial charge in [0.15, 0.2) is 0 Å². The lowest BCUT2D eigenvalue weighted by Crippen LogP contribution is -1.98. The fourth-order valence-corrected chi connectivity index (χ4v) is 3.83. The van der Waals surface area contributed by atoms with Crippen LogP contribution < -0.4 is 10.1 Å². The minimum absolute atomic E-state index is 0.738. The van der Waals surface area contributed by atoms with Crippen LogP contribution in [0.15, 0.2) is 36.7 Å². The molecule has 5 nitrogen and oxygen atoms in total. The van der Waals surface area contributed by atoms with E-state index in [0.717, 1.165) is 41.7 Å². The Hall–Kier alpha value is -2.47. The highest BCUT2D eigenvalue weighted by Gasteiger charge is 2.07. The van der Waals surface area contributed by atoms with E-state index in [-0.39, 0.29) is 0 Å². The number of ether oxygens (including phenoxy) is 1. The smallest absolute Gasteiger partial charge is 0.205 e. The Bertz CT molecular complexity index is 825. The zero-order valence-electron chi connectivity index (χ0n) is 15.5. The lowest BCUT2D eigenvalue weighted by atomic mass is 10.0. The van der Waals surface area contributed by atoms with E-state index in [1.54, 1.807) is 30.8 Å². The molecular weight excluding hydrogens is 344 g/mol. The number of pyridine rings is 1. The van der Waals surface area contributed by atoms with Crippen molar-refractivity contribution in [3.63, 3.8) is 0 Å². The Labute approximate surface area is 158 Å². The van der Waals surface area contributed by atoms with Gasteiger partial charge in [-0.15, -0.1) is 10.2 Å². The van der Waals surface area contributed by atoms with Crippen LogP contribution in [0.2, 0.25) is 0 Å². The molecule has 2 aromatic heterocycles. The summed E-state index contributed by atoms with van der Waals surface area (Å²) in [6.07, 6.45) is 6.63. The van der Waals surface area contributed by atoms with Gasteiger partial charge in [-0.25, -0.2) is 0 Å².